The van der Waals surface area contributed by atoms with E-state index in [0.717, 1.165) is 23.8 Å². The van der Waals surface area contributed by atoms with E-state index in [1.54, 1.807) is 18.2 Å². The van der Waals surface area contributed by atoms with Crippen LogP contribution < -0.4 is 10.5 Å². The first-order valence-corrected chi connectivity index (χ1v) is 7.62. The molecule has 0 saturated heterocycles. The second-order valence-corrected chi connectivity index (χ2v) is 6.43. The number of para-hydroxylation sites is 1. The molecule has 3 nitrogen and oxygen atoms in total. The van der Waals surface area contributed by atoms with Crippen molar-refractivity contribution in [3.8, 4) is 5.75 Å². The third kappa shape index (κ3) is 2.56. The van der Waals surface area contributed by atoms with Crippen molar-refractivity contribution in [1.29, 1.82) is 0 Å². The zero-order chi connectivity index (χ0) is 15.0. The van der Waals surface area contributed by atoms with E-state index in [-0.39, 0.29) is 11.5 Å². The van der Waals surface area contributed by atoms with Gasteiger partial charge in [-0.05, 0) is 24.3 Å². The van der Waals surface area contributed by atoms with Crippen LogP contribution in [0.2, 0.25) is 0 Å². The number of benzene rings is 2. The molecule has 6 heteroatoms. The fourth-order valence-electron chi connectivity index (χ4n) is 2.35. The molecule has 1 aliphatic rings. The number of hydrogen-bond donors (Lipinski definition) is 1. The summed E-state index contributed by atoms with van der Waals surface area (Å²) < 4.78 is 45.1. The highest BCUT2D eigenvalue weighted by Gasteiger charge is 2.34. The molecule has 2 N–H and O–H groups in total. The number of fused-ring (bicyclic) bond motifs is 1. The smallest absolute Gasteiger partial charge is 0.139 e. The van der Waals surface area contributed by atoms with Crippen molar-refractivity contribution in [2.45, 2.75) is 16.2 Å². The average Bonchev–Trinajstić information content (AvgIpc) is 2.50. The normalized spacial score (nSPS) is 22.2. The highest BCUT2D eigenvalue weighted by molar-refractivity contribution is 7.85. The molecule has 3 unspecified atom stereocenters. The van der Waals surface area contributed by atoms with Crippen LogP contribution in [0.1, 0.15) is 11.6 Å². The van der Waals surface area contributed by atoms with Crippen LogP contribution in [0.25, 0.3) is 0 Å². The molecule has 1 aliphatic heterocycles. The largest absolute Gasteiger partial charge is 0.492 e. The second-order valence-electron chi connectivity index (χ2n) is 4.79. The minimum atomic E-state index is -1.79. The standard InChI is InChI=1S/C15H13F2NO2S/c16-9-5-6-11(17)13(7-9)21(19)14-8-20-12-4-2-1-3-10(12)15(14)18/h1-7,14-15H,8,18H2. The Morgan fingerprint density at radius 3 is 2.76 bits per heavy atom. The van der Waals surface area contributed by atoms with E-state index in [2.05, 4.69) is 0 Å². The molecule has 0 bridgehead atoms. The zero-order valence-corrected chi connectivity index (χ0v) is 11.8. The minimum absolute atomic E-state index is 0.0980. The highest BCUT2D eigenvalue weighted by Crippen LogP contribution is 2.34. The van der Waals surface area contributed by atoms with Gasteiger partial charge in [0.25, 0.3) is 0 Å². The van der Waals surface area contributed by atoms with Gasteiger partial charge in [0.05, 0.1) is 27.0 Å². The first-order chi connectivity index (χ1) is 10.1. The van der Waals surface area contributed by atoms with E-state index >= 15 is 0 Å². The molecule has 0 spiro atoms. The van der Waals surface area contributed by atoms with Gasteiger partial charge in [-0.1, -0.05) is 18.2 Å². The molecule has 0 aliphatic carbocycles. The van der Waals surface area contributed by atoms with Gasteiger partial charge < -0.3 is 10.5 Å². The van der Waals surface area contributed by atoms with Crippen molar-refractivity contribution < 1.29 is 17.7 Å². The number of hydrogen-bond acceptors (Lipinski definition) is 3. The molecule has 3 rings (SSSR count). The number of halogens is 2. The predicted molar refractivity (Wildman–Crippen MR) is 75.4 cm³/mol. The van der Waals surface area contributed by atoms with Gasteiger partial charge in [-0.15, -0.1) is 0 Å². The Hall–Kier alpha value is -1.79. The summed E-state index contributed by atoms with van der Waals surface area (Å²) in [5.74, 6) is -0.704. The lowest BCUT2D eigenvalue weighted by Gasteiger charge is -2.30. The molecule has 0 amide bonds. The van der Waals surface area contributed by atoms with E-state index in [1.165, 1.54) is 0 Å². The monoisotopic (exact) mass is 309 g/mol. The molecular weight excluding hydrogens is 296 g/mol. The van der Waals surface area contributed by atoms with Gasteiger partial charge in [0.2, 0.25) is 0 Å². The minimum Gasteiger partial charge on any atom is -0.492 e. The van der Waals surface area contributed by atoms with Crippen LogP contribution in [-0.2, 0) is 10.8 Å². The molecule has 3 atom stereocenters. The molecule has 21 heavy (non-hydrogen) atoms. The van der Waals surface area contributed by atoms with Gasteiger partial charge >= 0.3 is 0 Å². The molecule has 0 saturated carbocycles. The molecule has 1 heterocycles. The summed E-state index contributed by atoms with van der Waals surface area (Å²) in [7, 11) is -1.79. The van der Waals surface area contributed by atoms with Crippen LogP contribution in [0.4, 0.5) is 8.78 Å². The molecule has 0 fully saturated rings. The molecule has 110 valence electrons. The Labute approximate surface area is 123 Å². The molecule has 2 aromatic carbocycles. The van der Waals surface area contributed by atoms with Crippen LogP contribution >= 0.6 is 0 Å². The summed E-state index contributed by atoms with van der Waals surface area (Å²) >= 11 is 0. The second kappa shape index (κ2) is 5.54. The van der Waals surface area contributed by atoms with Gasteiger partial charge in [0.15, 0.2) is 0 Å². The van der Waals surface area contributed by atoms with Gasteiger partial charge in [0, 0.05) is 5.56 Å². The molecular formula is C15H13F2NO2S. The van der Waals surface area contributed by atoms with Gasteiger partial charge in [-0.2, -0.15) is 0 Å². The maximum atomic E-state index is 13.8. The van der Waals surface area contributed by atoms with E-state index in [9.17, 15) is 13.0 Å². The SMILES string of the molecule is NC1c2ccccc2OCC1S(=O)c1cc(F)ccc1F. The van der Waals surface area contributed by atoms with E-state index in [1.807, 2.05) is 6.07 Å². The van der Waals surface area contributed by atoms with Crippen LogP contribution in [0, 0.1) is 11.6 Å². The first-order valence-electron chi connectivity index (χ1n) is 6.41. The number of nitrogens with two attached hydrogens (primary N) is 1. The van der Waals surface area contributed by atoms with Crippen molar-refractivity contribution >= 4 is 10.8 Å². The molecule has 0 radical (unpaired) electrons. The summed E-state index contributed by atoms with van der Waals surface area (Å²) in [5, 5.41) is -0.629. The van der Waals surface area contributed by atoms with Crippen molar-refractivity contribution in [1.82, 2.24) is 0 Å². The van der Waals surface area contributed by atoms with Crippen molar-refractivity contribution in [3.05, 3.63) is 59.7 Å². The Morgan fingerprint density at radius 1 is 1.19 bits per heavy atom. The van der Waals surface area contributed by atoms with Crippen molar-refractivity contribution in [2.75, 3.05) is 6.61 Å². The van der Waals surface area contributed by atoms with Crippen LogP contribution in [0.3, 0.4) is 0 Å². The van der Waals surface area contributed by atoms with Gasteiger partial charge in [0.1, 0.15) is 24.0 Å². The summed E-state index contributed by atoms with van der Waals surface area (Å²) in [4.78, 5) is -0.182. The number of ether oxygens (including phenoxy) is 1. The van der Waals surface area contributed by atoms with Crippen LogP contribution in [0.5, 0.6) is 5.75 Å². The Morgan fingerprint density at radius 2 is 1.95 bits per heavy atom. The van der Waals surface area contributed by atoms with E-state index in [0.29, 0.717) is 5.75 Å². The maximum absolute atomic E-state index is 13.8. The molecule has 2 aromatic rings. The zero-order valence-electron chi connectivity index (χ0n) is 11.0. The summed E-state index contributed by atoms with van der Waals surface area (Å²) in [6, 6.07) is 9.51. The fourth-order valence-corrected chi connectivity index (χ4v) is 3.77. The lowest BCUT2D eigenvalue weighted by Crippen LogP contribution is -2.39. The third-order valence-electron chi connectivity index (χ3n) is 3.47. The lowest BCUT2D eigenvalue weighted by molar-refractivity contribution is 0.273. The van der Waals surface area contributed by atoms with Crippen LogP contribution in [0.15, 0.2) is 47.4 Å². The third-order valence-corrected chi connectivity index (χ3v) is 5.19. The summed E-state index contributed by atoms with van der Waals surface area (Å²) in [6.07, 6.45) is 0. The Balaban J connectivity index is 1.95. The van der Waals surface area contributed by atoms with E-state index < -0.39 is 33.7 Å². The van der Waals surface area contributed by atoms with Crippen molar-refractivity contribution in [2.24, 2.45) is 5.73 Å². The molecule has 0 aromatic heterocycles. The fraction of sp³-hybridized carbons (Fsp3) is 0.200. The Kier molecular flexibility index (Phi) is 3.73. The first kappa shape index (κ1) is 14.2. The topological polar surface area (TPSA) is 52.3 Å². The predicted octanol–water partition coefficient (Wildman–Crippen LogP) is 2.53. The van der Waals surface area contributed by atoms with Gasteiger partial charge in [-0.3, -0.25) is 4.21 Å². The highest BCUT2D eigenvalue weighted by atomic mass is 32.2. The number of rotatable bonds is 2. The van der Waals surface area contributed by atoms with E-state index in [4.69, 9.17) is 10.5 Å². The maximum Gasteiger partial charge on any atom is 0.139 e. The summed E-state index contributed by atoms with van der Waals surface area (Å²) in [6.45, 7) is 0.0980. The lowest BCUT2D eigenvalue weighted by atomic mass is 10.0. The van der Waals surface area contributed by atoms with Crippen LogP contribution in [-0.4, -0.2) is 16.1 Å². The van der Waals surface area contributed by atoms with Gasteiger partial charge in [-0.25, -0.2) is 8.78 Å². The summed E-state index contributed by atoms with van der Waals surface area (Å²) in [5.41, 5.74) is 6.85. The Bertz CT molecular complexity index is 708. The average molecular weight is 309 g/mol. The van der Waals surface area contributed by atoms with Crippen molar-refractivity contribution in [3.63, 3.8) is 0 Å². The quantitative estimate of drug-likeness (QED) is 0.927.